The fraction of sp³-hybridized carbons (Fsp3) is 0.464. The van der Waals surface area contributed by atoms with Gasteiger partial charge in [-0.3, -0.25) is 4.79 Å². The molecule has 0 spiro atoms. The van der Waals surface area contributed by atoms with Gasteiger partial charge in [-0.05, 0) is 50.5 Å². The van der Waals surface area contributed by atoms with Crippen LogP contribution in [-0.4, -0.2) is 13.0 Å². The number of carbonyl (C=O) groups is 1. The number of ether oxygens (including phenoxy) is 1. The lowest BCUT2D eigenvalue weighted by atomic mass is 9.90. The molecule has 1 aromatic carbocycles. The van der Waals surface area contributed by atoms with E-state index in [0.29, 0.717) is 6.42 Å². The second kappa shape index (κ2) is 18.4. The minimum Gasteiger partial charge on any atom is -0.376 e. The van der Waals surface area contributed by atoms with Gasteiger partial charge in [0.1, 0.15) is 0 Å². The maximum Gasteiger partial charge on any atom is 0.223 e. The molecule has 31 heavy (non-hydrogen) atoms. The average molecular weight is 424 g/mol. The number of primary amides is 1. The third-order valence-electron chi connectivity index (χ3n) is 5.21. The van der Waals surface area contributed by atoms with Crippen LogP contribution in [0.5, 0.6) is 0 Å². The van der Waals surface area contributed by atoms with E-state index >= 15 is 0 Å². The molecule has 2 N–H and O–H groups in total. The highest BCUT2D eigenvalue weighted by Crippen LogP contribution is 2.28. The van der Waals surface area contributed by atoms with Crippen molar-refractivity contribution in [2.75, 3.05) is 7.11 Å². The number of rotatable bonds is 17. The molecular weight excluding hydrogens is 382 g/mol. The number of unbranched alkanes of at least 4 members (excludes halogenated alkanes) is 3. The summed E-state index contributed by atoms with van der Waals surface area (Å²) in [6, 6.07) is 9.80. The number of amides is 1. The van der Waals surface area contributed by atoms with Gasteiger partial charge >= 0.3 is 0 Å². The summed E-state index contributed by atoms with van der Waals surface area (Å²) >= 11 is 0. The molecule has 0 aliphatic heterocycles. The molecule has 0 saturated carbocycles. The molecule has 0 saturated heterocycles. The number of benzene rings is 1. The van der Waals surface area contributed by atoms with Crippen LogP contribution < -0.4 is 5.73 Å². The molecule has 0 radical (unpaired) electrons. The second-order valence-corrected chi connectivity index (χ2v) is 7.74. The fourth-order valence-corrected chi connectivity index (χ4v) is 3.45. The Kier molecular flexibility index (Phi) is 15.8. The quantitative estimate of drug-likeness (QED) is 0.212. The summed E-state index contributed by atoms with van der Waals surface area (Å²) in [6.07, 6.45) is 26.8. The molecule has 1 rings (SSSR count). The van der Waals surface area contributed by atoms with Gasteiger partial charge < -0.3 is 10.5 Å². The van der Waals surface area contributed by atoms with Crippen LogP contribution in [-0.2, 0) is 9.53 Å². The molecule has 0 aliphatic rings. The van der Waals surface area contributed by atoms with E-state index in [1.54, 1.807) is 7.11 Å². The van der Waals surface area contributed by atoms with Gasteiger partial charge in [-0.15, -0.1) is 0 Å². The smallest absolute Gasteiger partial charge is 0.223 e. The van der Waals surface area contributed by atoms with Gasteiger partial charge in [-0.1, -0.05) is 98.7 Å². The fourth-order valence-electron chi connectivity index (χ4n) is 3.45. The van der Waals surface area contributed by atoms with Crippen molar-refractivity contribution >= 4 is 5.91 Å². The van der Waals surface area contributed by atoms with Gasteiger partial charge in [-0.25, -0.2) is 0 Å². The Bertz CT molecular complexity index is 688. The zero-order valence-electron chi connectivity index (χ0n) is 19.4. The first-order valence-electron chi connectivity index (χ1n) is 11.7. The molecule has 2 unspecified atom stereocenters. The zero-order valence-corrected chi connectivity index (χ0v) is 19.4. The SMILES string of the molecule is CCCCC/C=C\C/C=C\C/C=C\C/C=C\CCC(C(N)=O)C(OC)c1ccccc1. The molecule has 3 heteroatoms. The van der Waals surface area contributed by atoms with Crippen LogP contribution in [0.3, 0.4) is 0 Å². The Balaban J connectivity index is 2.25. The van der Waals surface area contributed by atoms with Gasteiger partial charge in [-0.2, -0.15) is 0 Å². The summed E-state index contributed by atoms with van der Waals surface area (Å²) in [5.74, 6) is -0.648. The summed E-state index contributed by atoms with van der Waals surface area (Å²) in [4.78, 5) is 12.0. The molecule has 0 aliphatic carbocycles. The van der Waals surface area contributed by atoms with Crippen molar-refractivity contribution in [2.24, 2.45) is 11.7 Å². The molecule has 0 bridgehead atoms. The molecule has 1 amide bonds. The van der Waals surface area contributed by atoms with Crippen LogP contribution in [0.2, 0.25) is 0 Å². The lowest BCUT2D eigenvalue weighted by Crippen LogP contribution is -2.29. The molecule has 0 heterocycles. The second-order valence-electron chi connectivity index (χ2n) is 7.74. The maximum absolute atomic E-state index is 12.0. The molecule has 0 fully saturated rings. The lowest BCUT2D eigenvalue weighted by Gasteiger charge is -2.23. The molecule has 0 aromatic heterocycles. The Morgan fingerprint density at radius 3 is 1.94 bits per heavy atom. The van der Waals surface area contributed by atoms with Gasteiger partial charge in [0.2, 0.25) is 5.91 Å². The van der Waals surface area contributed by atoms with E-state index in [4.69, 9.17) is 10.5 Å². The van der Waals surface area contributed by atoms with Crippen molar-refractivity contribution in [3.63, 3.8) is 0 Å². The Hall–Kier alpha value is -2.39. The maximum atomic E-state index is 12.0. The van der Waals surface area contributed by atoms with Crippen LogP contribution in [0, 0.1) is 5.92 Å². The number of hydrogen-bond acceptors (Lipinski definition) is 2. The third kappa shape index (κ3) is 12.8. The standard InChI is InChI=1S/C28H41NO2/c1-3-4-5-6-7-8-9-10-11-12-13-14-15-16-17-21-24-26(28(29)30)27(31-2)25-22-19-18-20-23-25/h7-8,10-11,13-14,16-20,22-23,26-27H,3-6,9,12,15,21,24H2,1-2H3,(H2,29,30)/b8-7-,11-10-,14-13-,17-16-. The number of methoxy groups -OCH3 is 1. The van der Waals surface area contributed by atoms with E-state index in [9.17, 15) is 4.79 Å². The average Bonchev–Trinajstić information content (AvgIpc) is 2.78. The molecule has 3 nitrogen and oxygen atoms in total. The Morgan fingerprint density at radius 2 is 1.42 bits per heavy atom. The minimum absolute atomic E-state index is 0.301. The monoisotopic (exact) mass is 423 g/mol. The van der Waals surface area contributed by atoms with Crippen LogP contribution in [0.15, 0.2) is 78.9 Å². The molecule has 1 aromatic rings. The van der Waals surface area contributed by atoms with E-state index in [0.717, 1.165) is 31.2 Å². The van der Waals surface area contributed by atoms with Crippen molar-refractivity contribution in [3.8, 4) is 0 Å². The van der Waals surface area contributed by atoms with E-state index in [2.05, 4.69) is 55.5 Å². The normalized spacial score (nSPS) is 14.3. The number of hydrogen-bond donors (Lipinski definition) is 1. The highest BCUT2D eigenvalue weighted by atomic mass is 16.5. The van der Waals surface area contributed by atoms with Gasteiger partial charge in [0, 0.05) is 7.11 Å². The number of nitrogens with two attached hydrogens (primary N) is 1. The first-order valence-corrected chi connectivity index (χ1v) is 11.7. The van der Waals surface area contributed by atoms with Crippen molar-refractivity contribution in [3.05, 3.63) is 84.5 Å². The number of allylic oxidation sites excluding steroid dienone is 8. The van der Waals surface area contributed by atoms with Crippen molar-refractivity contribution < 1.29 is 9.53 Å². The minimum atomic E-state index is -0.335. The Labute approximate surface area is 189 Å². The van der Waals surface area contributed by atoms with Crippen molar-refractivity contribution in [1.29, 1.82) is 0 Å². The summed E-state index contributed by atoms with van der Waals surface area (Å²) in [5.41, 5.74) is 6.64. The first-order chi connectivity index (χ1) is 15.2. The van der Waals surface area contributed by atoms with Gasteiger partial charge in [0.05, 0.1) is 12.0 Å². The molecule has 2 atom stereocenters. The summed E-state index contributed by atoms with van der Waals surface area (Å²) < 4.78 is 5.59. The summed E-state index contributed by atoms with van der Waals surface area (Å²) in [6.45, 7) is 2.24. The molecule has 170 valence electrons. The largest absolute Gasteiger partial charge is 0.376 e. The van der Waals surface area contributed by atoms with E-state index in [1.165, 1.54) is 25.7 Å². The lowest BCUT2D eigenvalue weighted by molar-refractivity contribution is -0.126. The van der Waals surface area contributed by atoms with Gasteiger partial charge in [0.25, 0.3) is 0 Å². The highest BCUT2D eigenvalue weighted by molar-refractivity contribution is 5.77. The number of carbonyl (C=O) groups excluding carboxylic acids is 1. The van der Waals surface area contributed by atoms with E-state index in [1.807, 2.05) is 30.3 Å². The van der Waals surface area contributed by atoms with E-state index in [-0.39, 0.29) is 17.9 Å². The topological polar surface area (TPSA) is 52.3 Å². The predicted octanol–water partition coefficient (Wildman–Crippen LogP) is 7.23. The van der Waals surface area contributed by atoms with Crippen molar-refractivity contribution in [1.82, 2.24) is 0 Å². The summed E-state index contributed by atoms with van der Waals surface area (Å²) in [5, 5.41) is 0. The van der Waals surface area contributed by atoms with Crippen LogP contribution in [0.25, 0.3) is 0 Å². The van der Waals surface area contributed by atoms with Gasteiger partial charge in [0.15, 0.2) is 0 Å². The van der Waals surface area contributed by atoms with E-state index < -0.39 is 0 Å². The molecular formula is C28H41NO2. The highest BCUT2D eigenvalue weighted by Gasteiger charge is 2.27. The predicted molar refractivity (Wildman–Crippen MR) is 133 cm³/mol. The van der Waals surface area contributed by atoms with Crippen molar-refractivity contribution in [2.45, 2.75) is 70.8 Å². The van der Waals surface area contributed by atoms with Crippen LogP contribution in [0.4, 0.5) is 0 Å². The van der Waals surface area contributed by atoms with Crippen LogP contribution in [0.1, 0.15) is 76.4 Å². The Morgan fingerprint density at radius 1 is 0.871 bits per heavy atom. The zero-order chi connectivity index (χ0) is 22.6. The first kappa shape index (κ1) is 26.6. The summed E-state index contributed by atoms with van der Waals surface area (Å²) in [7, 11) is 1.63. The third-order valence-corrected chi connectivity index (χ3v) is 5.21. The van der Waals surface area contributed by atoms with Crippen LogP contribution >= 0.6 is 0 Å².